The maximum absolute atomic E-state index is 12.7. The molecule has 1 aliphatic heterocycles. The number of nitrogens with zero attached hydrogens (tertiary/aromatic N) is 1. The molecule has 0 saturated carbocycles. The molecule has 0 aliphatic carbocycles. The molecule has 5 heteroatoms. The number of amides is 1. The summed E-state index contributed by atoms with van der Waals surface area (Å²) < 4.78 is 11.3. The number of fused-ring (bicyclic) bond motifs is 1. The van der Waals surface area contributed by atoms with Crippen molar-refractivity contribution >= 4 is 11.6 Å². The van der Waals surface area contributed by atoms with Crippen molar-refractivity contribution in [1.82, 2.24) is 4.98 Å². The van der Waals surface area contributed by atoms with Crippen molar-refractivity contribution < 1.29 is 14.3 Å². The average Bonchev–Trinajstić information content (AvgIpc) is 2.94. The van der Waals surface area contributed by atoms with Crippen LogP contribution < -0.4 is 14.8 Å². The van der Waals surface area contributed by atoms with Gasteiger partial charge in [0, 0.05) is 22.4 Å². The summed E-state index contributed by atoms with van der Waals surface area (Å²) in [5, 5.41) is 2.99. The van der Waals surface area contributed by atoms with Gasteiger partial charge < -0.3 is 14.8 Å². The second-order valence-electron chi connectivity index (χ2n) is 8.95. The SMILES string of the molecule is CCCCCc1ccc(C(=O)Nc2ccc(-c3cccc(-c4ccc5c(c4)OCCO5)n3)cc2)cc1. The Kier molecular flexibility index (Phi) is 7.27. The standard InChI is InChI=1S/C31H30N2O3/c1-2-3-4-6-22-9-11-24(12-10-22)31(34)32-26-16-13-23(14-17-26)27-7-5-8-28(33-27)25-15-18-29-30(21-25)36-20-19-35-29/h5,7-18,21H,2-4,6,19-20H2,1H3,(H,32,34). The molecule has 0 unspecified atom stereocenters. The molecule has 2 heterocycles. The number of hydrogen-bond donors (Lipinski definition) is 1. The van der Waals surface area contributed by atoms with Crippen LogP contribution in [-0.4, -0.2) is 24.1 Å². The van der Waals surface area contributed by atoms with E-state index in [-0.39, 0.29) is 5.91 Å². The van der Waals surface area contributed by atoms with Crippen molar-refractivity contribution in [3.8, 4) is 34.0 Å². The van der Waals surface area contributed by atoms with E-state index < -0.39 is 0 Å². The van der Waals surface area contributed by atoms with E-state index in [1.807, 2.05) is 84.9 Å². The van der Waals surface area contributed by atoms with Crippen molar-refractivity contribution in [2.75, 3.05) is 18.5 Å². The molecular weight excluding hydrogens is 448 g/mol. The lowest BCUT2D eigenvalue weighted by atomic mass is 10.0. The smallest absolute Gasteiger partial charge is 0.255 e. The lowest BCUT2D eigenvalue weighted by molar-refractivity contribution is 0.102. The Morgan fingerprint density at radius 2 is 1.50 bits per heavy atom. The molecule has 3 aromatic carbocycles. The number of carbonyl (C=O) groups excluding carboxylic acids is 1. The van der Waals surface area contributed by atoms with E-state index in [1.54, 1.807) is 0 Å². The summed E-state index contributed by atoms with van der Waals surface area (Å²) in [6, 6.07) is 27.5. The van der Waals surface area contributed by atoms with Gasteiger partial charge in [-0.2, -0.15) is 0 Å². The predicted octanol–water partition coefficient (Wildman–Crippen LogP) is 7.17. The summed E-state index contributed by atoms with van der Waals surface area (Å²) >= 11 is 0. The van der Waals surface area contributed by atoms with Crippen LogP contribution in [0.25, 0.3) is 22.5 Å². The molecule has 4 aromatic rings. The number of ether oxygens (including phenoxy) is 2. The third-order valence-corrected chi connectivity index (χ3v) is 6.31. The van der Waals surface area contributed by atoms with Gasteiger partial charge in [-0.15, -0.1) is 0 Å². The van der Waals surface area contributed by atoms with Crippen LogP contribution in [-0.2, 0) is 6.42 Å². The predicted molar refractivity (Wildman–Crippen MR) is 144 cm³/mol. The van der Waals surface area contributed by atoms with Crippen molar-refractivity contribution in [2.45, 2.75) is 32.6 Å². The van der Waals surface area contributed by atoms with E-state index in [0.29, 0.717) is 18.8 Å². The summed E-state index contributed by atoms with van der Waals surface area (Å²) in [7, 11) is 0. The zero-order valence-corrected chi connectivity index (χ0v) is 20.5. The Labute approximate surface area is 212 Å². The Morgan fingerprint density at radius 3 is 2.25 bits per heavy atom. The lowest BCUT2D eigenvalue weighted by Gasteiger charge is -2.18. The highest BCUT2D eigenvalue weighted by atomic mass is 16.6. The van der Waals surface area contributed by atoms with Crippen molar-refractivity contribution in [3.05, 3.63) is 96.1 Å². The van der Waals surface area contributed by atoms with E-state index in [1.165, 1.54) is 24.8 Å². The van der Waals surface area contributed by atoms with Crippen molar-refractivity contribution in [3.63, 3.8) is 0 Å². The molecule has 1 N–H and O–H groups in total. The van der Waals surface area contributed by atoms with Crippen LogP contribution in [0.5, 0.6) is 11.5 Å². The minimum Gasteiger partial charge on any atom is -0.486 e. The first kappa shape index (κ1) is 23.6. The Bertz CT molecular complexity index is 1330. The van der Waals surface area contributed by atoms with E-state index in [9.17, 15) is 4.79 Å². The summed E-state index contributed by atoms with van der Waals surface area (Å²) in [5.41, 5.74) is 6.35. The average molecular weight is 479 g/mol. The van der Waals surface area contributed by atoms with Gasteiger partial charge in [0.2, 0.25) is 0 Å². The fraction of sp³-hybridized carbons (Fsp3) is 0.226. The zero-order valence-electron chi connectivity index (χ0n) is 20.5. The van der Waals surface area contributed by atoms with Crippen LogP contribution >= 0.6 is 0 Å². The van der Waals surface area contributed by atoms with Crippen LogP contribution in [0.2, 0.25) is 0 Å². The van der Waals surface area contributed by atoms with Crippen LogP contribution in [0.3, 0.4) is 0 Å². The molecule has 182 valence electrons. The van der Waals surface area contributed by atoms with Gasteiger partial charge in [-0.25, -0.2) is 4.98 Å². The molecule has 1 aromatic heterocycles. The molecule has 0 radical (unpaired) electrons. The quantitative estimate of drug-likeness (QED) is 0.273. The maximum Gasteiger partial charge on any atom is 0.255 e. The van der Waals surface area contributed by atoms with Gasteiger partial charge in [0.25, 0.3) is 5.91 Å². The maximum atomic E-state index is 12.7. The molecular formula is C31H30N2O3. The molecule has 5 rings (SSSR count). The van der Waals surface area contributed by atoms with Gasteiger partial charge in [0.1, 0.15) is 13.2 Å². The molecule has 0 saturated heterocycles. The Balaban J connectivity index is 1.25. The number of unbranched alkanes of at least 4 members (excludes halogenated alkanes) is 2. The second kappa shape index (κ2) is 11.1. The highest BCUT2D eigenvalue weighted by Gasteiger charge is 2.13. The number of benzene rings is 3. The van der Waals surface area contributed by atoms with Gasteiger partial charge in [0.15, 0.2) is 11.5 Å². The number of pyridine rings is 1. The number of anilines is 1. The summed E-state index contributed by atoms with van der Waals surface area (Å²) in [4.78, 5) is 17.6. The fourth-order valence-corrected chi connectivity index (χ4v) is 4.29. The van der Waals surface area contributed by atoms with E-state index >= 15 is 0 Å². The van der Waals surface area contributed by atoms with E-state index in [2.05, 4.69) is 12.2 Å². The summed E-state index contributed by atoms with van der Waals surface area (Å²) in [6.07, 6.45) is 4.68. The molecule has 1 aliphatic rings. The second-order valence-corrected chi connectivity index (χ2v) is 8.95. The number of rotatable bonds is 8. The molecule has 36 heavy (non-hydrogen) atoms. The zero-order chi connectivity index (χ0) is 24.7. The topological polar surface area (TPSA) is 60.5 Å². The molecule has 5 nitrogen and oxygen atoms in total. The first-order valence-electron chi connectivity index (χ1n) is 12.6. The van der Waals surface area contributed by atoms with Crippen molar-refractivity contribution in [1.29, 1.82) is 0 Å². The lowest BCUT2D eigenvalue weighted by Crippen LogP contribution is -2.15. The molecule has 0 spiro atoms. The van der Waals surface area contributed by atoms with Gasteiger partial charge in [-0.3, -0.25) is 4.79 Å². The highest BCUT2D eigenvalue weighted by molar-refractivity contribution is 6.04. The minimum absolute atomic E-state index is 0.110. The van der Waals surface area contributed by atoms with Gasteiger partial charge >= 0.3 is 0 Å². The Hall–Kier alpha value is -4.12. The van der Waals surface area contributed by atoms with E-state index in [4.69, 9.17) is 14.5 Å². The molecule has 0 atom stereocenters. The number of hydrogen-bond acceptors (Lipinski definition) is 4. The number of aromatic nitrogens is 1. The number of carbonyl (C=O) groups is 1. The van der Waals surface area contributed by atoms with Crippen LogP contribution in [0, 0.1) is 0 Å². The van der Waals surface area contributed by atoms with Crippen LogP contribution in [0.1, 0.15) is 42.1 Å². The first-order valence-corrected chi connectivity index (χ1v) is 12.6. The normalized spacial score (nSPS) is 12.2. The summed E-state index contributed by atoms with van der Waals surface area (Å²) in [6.45, 7) is 3.33. The first-order chi connectivity index (χ1) is 17.7. The summed E-state index contributed by atoms with van der Waals surface area (Å²) in [5.74, 6) is 1.40. The fourth-order valence-electron chi connectivity index (χ4n) is 4.29. The van der Waals surface area contributed by atoms with Gasteiger partial charge in [0.05, 0.1) is 11.4 Å². The van der Waals surface area contributed by atoms with Crippen LogP contribution in [0.15, 0.2) is 84.9 Å². The third kappa shape index (κ3) is 5.57. The third-order valence-electron chi connectivity index (χ3n) is 6.31. The van der Waals surface area contributed by atoms with Gasteiger partial charge in [-0.05, 0) is 73.0 Å². The minimum atomic E-state index is -0.110. The largest absolute Gasteiger partial charge is 0.486 e. The van der Waals surface area contributed by atoms with Gasteiger partial charge in [-0.1, -0.05) is 50.1 Å². The van der Waals surface area contributed by atoms with Crippen LogP contribution in [0.4, 0.5) is 5.69 Å². The number of aryl methyl sites for hydroxylation is 1. The molecule has 0 fully saturated rings. The Morgan fingerprint density at radius 1 is 0.806 bits per heavy atom. The number of nitrogens with one attached hydrogen (secondary N) is 1. The monoisotopic (exact) mass is 478 g/mol. The molecule has 0 bridgehead atoms. The van der Waals surface area contributed by atoms with Crippen molar-refractivity contribution in [2.24, 2.45) is 0 Å². The van der Waals surface area contributed by atoms with E-state index in [0.717, 1.165) is 46.1 Å². The molecule has 1 amide bonds. The highest BCUT2D eigenvalue weighted by Crippen LogP contribution is 2.34.